The Balaban J connectivity index is 1.70. The number of hydrogen-bond donors (Lipinski definition) is 0. The fourth-order valence-corrected chi connectivity index (χ4v) is 5.83. The van der Waals surface area contributed by atoms with E-state index in [4.69, 9.17) is 4.74 Å². The molecule has 0 spiro atoms. The number of methoxy groups -OCH3 is 1. The average Bonchev–Trinajstić information content (AvgIpc) is 2.97. The summed E-state index contributed by atoms with van der Waals surface area (Å²) in [5, 5.41) is 1.46. The van der Waals surface area contributed by atoms with Gasteiger partial charge in [-0.15, -0.1) is 0 Å². The molecule has 2 unspecified atom stereocenters. The van der Waals surface area contributed by atoms with Gasteiger partial charge in [-0.2, -0.15) is 0 Å². The van der Waals surface area contributed by atoms with E-state index in [1.165, 1.54) is 40.7 Å². The first-order chi connectivity index (χ1) is 13.5. The molecule has 5 rings (SSSR count). The van der Waals surface area contributed by atoms with Crippen molar-refractivity contribution in [3.8, 4) is 5.75 Å². The predicted molar refractivity (Wildman–Crippen MR) is 115 cm³/mol. The molecule has 146 valence electrons. The summed E-state index contributed by atoms with van der Waals surface area (Å²) in [6.07, 6.45) is 3.50. The Bertz CT molecular complexity index is 1050. The summed E-state index contributed by atoms with van der Waals surface area (Å²) in [7, 11) is 6.30. The standard InChI is InChI=1S/C25H30N2O/c1-17-8-9-23-21(12-17)22-14-19-16-26(2)11-10-25(19,15-24(22)27(23)3)18-6-5-7-20(13-18)28-4/h5-9,12-13,19H,10-11,14-16H2,1-4H3. The molecule has 3 heteroatoms. The molecule has 0 amide bonds. The van der Waals surface area contributed by atoms with Gasteiger partial charge in [0, 0.05) is 35.6 Å². The lowest BCUT2D eigenvalue weighted by Gasteiger charge is -2.50. The first-order valence-corrected chi connectivity index (χ1v) is 10.4. The van der Waals surface area contributed by atoms with Crippen molar-refractivity contribution in [1.29, 1.82) is 0 Å². The predicted octanol–water partition coefficient (Wildman–Crippen LogP) is 4.48. The van der Waals surface area contributed by atoms with Gasteiger partial charge in [-0.1, -0.05) is 23.8 Å². The van der Waals surface area contributed by atoms with E-state index in [0.29, 0.717) is 5.92 Å². The number of hydrogen-bond acceptors (Lipinski definition) is 2. The number of nitrogens with zero attached hydrogens (tertiary/aromatic N) is 2. The highest BCUT2D eigenvalue weighted by molar-refractivity contribution is 5.86. The van der Waals surface area contributed by atoms with Crippen LogP contribution < -0.4 is 4.74 Å². The minimum absolute atomic E-state index is 0.200. The van der Waals surface area contributed by atoms with Crippen LogP contribution in [-0.2, 0) is 25.3 Å². The maximum Gasteiger partial charge on any atom is 0.119 e. The Morgan fingerprint density at radius 3 is 2.79 bits per heavy atom. The van der Waals surface area contributed by atoms with Gasteiger partial charge in [0.05, 0.1) is 7.11 Å². The second kappa shape index (κ2) is 6.38. The number of piperidine rings is 1. The summed E-state index contributed by atoms with van der Waals surface area (Å²) in [5.41, 5.74) is 7.50. The minimum Gasteiger partial charge on any atom is -0.497 e. The van der Waals surface area contributed by atoms with E-state index in [1.807, 2.05) is 0 Å². The van der Waals surface area contributed by atoms with Gasteiger partial charge in [-0.25, -0.2) is 0 Å². The summed E-state index contributed by atoms with van der Waals surface area (Å²) < 4.78 is 8.04. The van der Waals surface area contributed by atoms with Crippen molar-refractivity contribution in [2.24, 2.45) is 13.0 Å². The molecule has 3 nitrogen and oxygen atoms in total. The molecule has 3 aromatic rings. The van der Waals surface area contributed by atoms with Gasteiger partial charge in [0.15, 0.2) is 0 Å². The second-order valence-corrected chi connectivity index (χ2v) is 8.98. The van der Waals surface area contributed by atoms with Crippen LogP contribution in [0.1, 0.15) is 28.8 Å². The zero-order valence-electron chi connectivity index (χ0n) is 17.5. The zero-order chi connectivity index (χ0) is 19.5. The normalized spacial score (nSPS) is 24.8. The molecule has 2 heterocycles. The van der Waals surface area contributed by atoms with Crippen LogP contribution in [-0.4, -0.2) is 36.7 Å². The van der Waals surface area contributed by atoms with Crippen molar-refractivity contribution < 1.29 is 4.74 Å². The van der Waals surface area contributed by atoms with E-state index in [0.717, 1.165) is 25.1 Å². The summed E-state index contributed by atoms with van der Waals surface area (Å²) in [6, 6.07) is 15.8. The Morgan fingerprint density at radius 1 is 1.11 bits per heavy atom. The maximum atomic E-state index is 5.58. The molecule has 0 saturated carbocycles. The lowest BCUT2D eigenvalue weighted by molar-refractivity contribution is 0.0985. The molecule has 0 N–H and O–H groups in total. The van der Waals surface area contributed by atoms with E-state index >= 15 is 0 Å². The first-order valence-electron chi connectivity index (χ1n) is 10.4. The fraction of sp³-hybridized carbons (Fsp3) is 0.440. The number of likely N-dealkylation sites (tertiary alicyclic amines) is 1. The lowest BCUT2D eigenvalue weighted by atomic mass is 9.59. The van der Waals surface area contributed by atoms with Gasteiger partial charge < -0.3 is 14.2 Å². The molecule has 0 radical (unpaired) electrons. The number of benzene rings is 2. The Labute approximate surface area is 167 Å². The lowest BCUT2D eigenvalue weighted by Crippen LogP contribution is -2.53. The Kier molecular flexibility index (Phi) is 4.06. The molecule has 0 bridgehead atoms. The summed E-state index contributed by atoms with van der Waals surface area (Å²) in [5.74, 6) is 1.61. The van der Waals surface area contributed by atoms with Gasteiger partial charge in [-0.3, -0.25) is 0 Å². The van der Waals surface area contributed by atoms with Crippen LogP contribution in [0.15, 0.2) is 42.5 Å². The van der Waals surface area contributed by atoms with Crippen molar-refractivity contribution in [3.05, 3.63) is 64.8 Å². The monoisotopic (exact) mass is 374 g/mol. The quantitative estimate of drug-likeness (QED) is 0.658. The molecule has 1 fully saturated rings. The molecule has 1 aliphatic heterocycles. The SMILES string of the molecule is COc1cccc(C23CCN(C)CC2Cc2c(n(C)c4ccc(C)cc24)C3)c1. The third kappa shape index (κ3) is 2.52. The molecule has 2 aliphatic rings. The van der Waals surface area contributed by atoms with Gasteiger partial charge in [-0.05, 0) is 81.1 Å². The summed E-state index contributed by atoms with van der Waals surface area (Å²) >= 11 is 0. The van der Waals surface area contributed by atoms with Crippen LogP contribution in [0.25, 0.3) is 10.9 Å². The maximum absolute atomic E-state index is 5.58. The van der Waals surface area contributed by atoms with Crippen molar-refractivity contribution >= 4 is 10.9 Å². The van der Waals surface area contributed by atoms with E-state index in [2.05, 4.69) is 73.0 Å². The summed E-state index contributed by atoms with van der Waals surface area (Å²) in [4.78, 5) is 2.52. The molecule has 1 aliphatic carbocycles. The molecule has 1 saturated heterocycles. The van der Waals surface area contributed by atoms with Crippen molar-refractivity contribution in [2.45, 2.75) is 31.6 Å². The highest BCUT2D eigenvalue weighted by Gasteiger charge is 2.48. The number of aryl methyl sites for hydroxylation is 2. The topological polar surface area (TPSA) is 17.4 Å². The van der Waals surface area contributed by atoms with Crippen molar-refractivity contribution in [2.75, 3.05) is 27.2 Å². The first kappa shape index (κ1) is 17.8. The Morgan fingerprint density at radius 2 is 1.96 bits per heavy atom. The number of aromatic nitrogens is 1. The van der Waals surface area contributed by atoms with Gasteiger partial charge >= 0.3 is 0 Å². The van der Waals surface area contributed by atoms with Crippen LogP contribution >= 0.6 is 0 Å². The van der Waals surface area contributed by atoms with Crippen molar-refractivity contribution in [3.63, 3.8) is 0 Å². The van der Waals surface area contributed by atoms with E-state index in [1.54, 1.807) is 12.7 Å². The largest absolute Gasteiger partial charge is 0.497 e. The average molecular weight is 375 g/mol. The van der Waals surface area contributed by atoms with Gasteiger partial charge in [0.1, 0.15) is 5.75 Å². The molecule has 28 heavy (non-hydrogen) atoms. The fourth-order valence-electron chi connectivity index (χ4n) is 5.83. The third-order valence-corrected chi connectivity index (χ3v) is 7.42. The van der Waals surface area contributed by atoms with Crippen LogP contribution in [0.4, 0.5) is 0 Å². The second-order valence-electron chi connectivity index (χ2n) is 8.98. The smallest absolute Gasteiger partial charge is 0.119 e. The Hall–Kier alpha value is -2.26. The summed E-state index contributed by atoms with van der Waals surface area (Å²) in [6.45, 7) is 4.53. The minimum atomic E-state index is 0.200. The molecule has 2 atom stereocenters. The van der Waals surface area contributed by atoms with E-state index in [9.17, 15) is 0 Å². The van der Waals surface area contributed by atoms with Crippen molar-refractivity contribution in [1.82, 2.24) is 9.47 Å². The highest BCUT2D eigenvalue weighted by Crippen LogP contribution is 2.50. The third-order valence-electron chi connectivity index (χ3n) is 7.42. The number of rotatable bonds is 2. The van der Waals surface area contributed by atoms with Crippen LogP contribution in [0.5, 0.6) is 5.75 Å². The van der Waals surface area contributed by atoms with Crippen LogP contribution in [0, 0.1) is 12.8 Å². The molecule has 1 aromatic heterocycles. The number of fused-ring (bicyclic) bond motifs is 4. The molecular formula is C25H30N2O. The molecule has 2 aromatic carbocycles. The highest BCUT2D eigenvalue weighted by atomic mass is 16.5. The van der Waals surface area contributed by atoms with Gasteiger partial charge in [0.2, 0.25) is 0 Å². The number of ether oxygens (including phenoxy) is 1. The van der Waals surface area contributed by atoms with Crippen LogP contribution in [0.2, 0.25) is 0 Å². The molecular weight excluding hydrogens is 344 g/mol. The van der Waals surface area contributed by atoms with E-state index < -0.39 is 0 Å². The zero-order valence-corrected chi connectivity index (χ0v) is 17.5. The van der Waals surface area contributed by atoms with E-state index in [-0.39, 0.29) is 5.41 Å². The van der Waals surface area contributed by atoms with Crippen LogP contribution in [0.3, 0.4) is 0 Å². The van der Waals surface area contributed by atoms with Gasteiger partial charge in [0.25, 0.3) is 0 Å².